The van der Waals surface area contributed by atoms with Crippen molar-refractivity contribution in [2.45, 2.75) is 39.0 Å². The first kappa shape index (κ1) is 16.3. The minimum atomic E-state index is 0.0924. The lowest BCUT2D eigenvalue weighted by Crippen LogP contribution is -2.28. The molecule has 0 unspecified atom stereocenters. The highest BCUT2D eigenvalue weighted by atomic mass is 32.1. The van der Waals surface area contributed by atoms with Gasteiger partial charge in [0.15, 0.2) is 0 Å². The van der Waals surface area contributed by atoms with Crippen molar-refractivity contribution in [2.75, 3.05) is 13.6 Å². The Hall–Kier alpha value is -2.14. The van der Waals surface area contributed by atoms with E-state index in [1.165, 1.54) is 34.4 Å². The molecular formula is C20H23N3OS. The number of benzene rings is 1. The smallest absolute Gasteiger partial charge is 0.253 e. The summed E-state index contributed by atoms with van der Waals surface area (Å²) >= 11 is 1.66. The van der Waals surface area contributed by atoms with Crippen LogP contribution in [0.2, 0.25) is 0 Å². The van der Waals surface area contributed by atoms with Gasteiger partial charge in [-0.15, -0.1) is 11.3 Å². The third-order valence-electron chi connectivity index (χ3n) is 5.21. The number of nitrogens with one attached hydrogen (secondary N) is 1. The normalized spacial score (nSPS) is 13.8. The van der Waals surface area contributed by atoms with E-state index in [1.807, 2.05) is 30.4 Å². The molecule has 0 spiro atoms. The van der Waals surface area contributed by atoms with E-state index in [1.54, 1.807) is 11.3 Å². The third-order valence-corrected chi connectivity index (χ3v) is 6.21. The molecule has 25 heavy (non-hydrogen) atoms. The molecular weight excluding hydrogens is 330 g/mol. The fraction of sp³-hybridized carbons (Fsp3) is 0.400. The van der Waals surface area contributed by atoms with Crippen LogP contribution in [0, 0.1) is 6.92 Å². The molecule has 4 rings (SSSR count). The lowest BCUT2D eigenvalue weighted by Gasteiger charge is -2.17. The number of thiazole rings is 1. The van der Waals surface area contributed by atoms with Gasteiger partial charge in [0.1, 0.15) is 0 Å². The fourth-order valence-corrected chi connectivity index (χ4v) is 4.47. The van der Waals surface area contributed by atoms with Crippen molar-refractivity contribution in [1.29, 1.82) is 0 Å². The Morgan fingerprint density at radius 3 is 2.96 bits per heavy atom. The Kier molecular flexibility index (Phi) is 4.34. The molecule has 0 atom stereocenters. The van der Waals surface area contributed by atoms with Gasteiger partial charge in [-0.3, -0.25) is 4.79 Å². The van der Waals surface area contributed by atoms with E-state index in [-0.39, 0.29) is 5.91 Å². The molecule has 1 aromatic carbocycles. The Labute approximate surface area is 151 Å². The van der Waals surface area contributed by atoms with E-state index in [9.17, 15) is 4.79 Å². The molecule has 0 radical (unpaired) electrons. The number of fused-ring (bicyclic) bond motifs is 3. The van der Waals surface area contributed by atoms with E-state index in [0.29, 0.717) is 6.54 Å². The summed E-state index contributed by atoms with van der Waals surface area (Å²) in [4.78, 5) is 23.7. The second-order valence-electron chi connectivity index (χ2n) is 6.89. The van der Waals surface area contributed by atoms with Crippen LogP contribution < -0.4 is 0 Å². The van der Waals surface area contributed by atoms with Crippen LogP contribution in [0.4, 0.5) is 0 Å². The van der Waals surface area contributed by atoms with Crippen LogP contribution in [-0.2, 0) is 19.3 Å². The molecule has 1 aliphatic rings. The molecule has 0 saturated heterocycles. The van der Waals surface area contributed by atoms with Crippen molar-refractivity contribution in [2.24, 2.45) is 0 Å². The molecule has 3 aromatic rings. The van der Waals surface area contributed by atoms with Crippen LogP contribution in [0.5, 0.6) is 0 Å². The predicted octanol–water partition coefficient (Wildman–Crippen LogP) is 4.13. The summed E-state index contributed by atoms with van der Waals surface area (Å²) in [5.41, 5.74) is 7.66. The molecule has 2 heterocycles. The van der Waals surface area contributed by atoms with Crippen LogP contribution in [-0.4, -0.2) is 34.4 Å². The number of aromatic nitrogens is 2. The summed E-state index contributed by atoms with van der Waals surface area (Å²) < 4.78 is 0. The zero-order valence-corrected chi connectivity index (χ0v) is 15.6. The number of carbonyl (C=O) groups is 1. The van der Waals surface area contributed by atoms with Crippen LogP contribution in [0.1, 0.15) is 45.0 Å². The van der Waals surface area contributed by atoms with Crippen LogP contribution in [0.3, 0.4) is 0 Å². The molecule has 0 aliphatic heterocycles. The first-order chi connectivity index (χ1) is 12.1. The standard InChI is InChI=1S/C20H23N3OS/c1-13-19(25-12-21-13)9-10-23(2)20(24)14-7-8-18-16(11-14)15-5-3-4-6-17(15)22-18/h7-8,11-12,22H,3-6,9-10H2,1-2H3. The number of aromatic amines is 1. The van der Waals surface area contributed by atoms with E-state index < -0.39 is 0 Å². The van der Waals surface area contributed by atoms with Gasteiger partial charge in [-0.05, 0) is 56.4 Å². The van der Waals surface area contributed by atoms with E-state index in [2.05, 4.69) is 22.1 Å². The summed E-state index contributed by atoms with van der Waals surface area (Å²) in [6.07, 6.45) is 5.60. The Balaban J connectivity index is 1.54. The average Bonchev–Trinajstić information content (AvgIpc) is 3.21. The van der Waals surface area contributed by atoms with Gasteiger partial charge >= 0.3 is 0 Å². The molecule has 0 fully saturated rings. The molecule has 0 bridgehead atoms. The molecule has 1 N–H and O–H groups in total. The van der Waals surface area contributed by atoms with E-state index in [0.717, 1.165) is 36.0 Å². The average molecular weight is 353 g/mol. The summed E-state index contributed by atoms with van der Waals surface area (Å²) in [6, 6.07) is 6.08. The monoisotopic (exact) mass is 353 g/mol. The molecule has 4 nitrogen and oxygen atoms in total. The minimum Gasteiger partial charge on any atom is -0.358 e. The van der Waals surface area contributed by atoms with Gasteiger partial charge in [0.25, 0.3) is 5.91 Å². The highest BCUT2D eigenvalue weighted by Gasteiger charge is 2.18. The van der Waals surface area contributed by atoms with Crippen LogP contribution in [0.25, 0.3) is 10.9 Å². The first-order valence-electron chi connectivity index (χ1n) is 8.91. The van der Waals surface area contributed by atoms with E-state index in [4.69, 9.17) is 0 Å². The van der Waals surface area contributed by atoms with Gasteiger partial charge in [0.2, 0.25) is 0 Å². The SMILES string of the molecule is Cc1ncsc1CCN(C)C(=O)c1ccc2[nH]c3c(c2c1)CCCC3. The highest BCUT2D eigenvalue weighted by Crippen LogP contribution is 2.30. The maximum absolute atomic E-state index is 12.8. The summed E-state index contributed by atoms with van der Waals surface area (Å²) in [7, 11) is 1.88. The lowest BCUT2D eigenvalue weighted by atomic mass is 9.95. The third kappa shape index (κ3) is 3.09. The number of nitrogens with zero attached hydrogens (tertiary/aromatic N) is 2. The quantitative estimate of drug-likeness (QED) is 0.767. The van der Waals surface area contributed by atoms with Crippen molar-refractivity contribution in [3.8, 4) is 0 Å². The van der Waals surface area contributed by atoms with Gasteiger partial charge < -0.3 is 9.88 Å². The highest BCUT2D eigenvalue weighted by molar-refractivity contribution is 7.09. The first-order valence-corrected chi connectivity index (χ1v) is 9.79. The second-order valence-corrected chi connectivity index (χ2v) is 7.83. The van der Waals surface area contributed by atoms with Gasteiger partial charge in [0.05, 0.1) is 11.2 Å². The Bertz CT molecular complexity index is 924. The number of rotatable bonds is 4. The maximum Gasteiger partial charge on any atom is 0.253 e. The van der Waals surface area contributed by atoms with Gasteiger partial charge in [-0.1, -0.05) is 0 Å². The largest absolute Gasteiger partial charge is 0.358 e. The number of carbonyl (C=O) groups excluding carboxylic acids is 1. The molecule has 5 heteroatoms. The molecule has 2 aromatic heterocycles. The Morgan fingerprint density at radius 1 is 1.32 bits per heavy atom. The van der Waals surface area contributed by atoms with Gasteiger partial charge in [-0.25, -0.2) is 4.98 Å². The van der Waals surface area contributed by atoms with Crippen LogP contribution >= 0.6 is 11.3 Å². The molecule has 1 amide bonds. The number of H-pyrrole nitrogens is 1. The zero-order valence-electron chi connectivity index (χ0n) is 14.8. The van der Waals surface area contributed by atoms with Crippen molar-refractivity contribution in [1.82, 2.24) is 14.9 Å². The number of aryl methyl sites for hydroxylation is 3. The van der Waals surface area contributed by atoms with E-state index >= 15 is 0 Å². The number of likely N-dealkylation sites (N-methyl/N-ethyl adjacent to an activating group) is 1. The second kappa shape index (κ2) is 6.64. The molecule has 1 aliphatic carbocycles. The van der Waals surface area contributed by atoms with Crippen molar-refractivity contribution >= 4 is 28.1 Å². The zero-order chi connectivity index (χ0) is 17.4. The number of amides is 1. The van der Waals surface area contributed by atoms with Crippen LogP contribution in [0.15, 0.2) is 23.7 Å². The predicted molar refractivity (Wildman–Crippen MR) is 102 cm³/mol. The lowest BCUT2D eigenvalue weighted by molar-refractivity contribution is 0.0797. The molecule has 130 valence electrons. The number of hydrogen-bond acceptors (Lipinski definition) is 3. The minimum absolute atomic E-state index is 0.0924. The van der Waals surface area contributed by atoms with Gasteiger partial charge in [0, 0.05) is 47.1 Å². The summed E-state index contributed by atoms with van der Waals surface area (Å²) in [5, 5.41) is 1.23. The van der Waals surface area contributed by atoms with Crippen molar-refractivity contribution in [3.05, 3.63) is 51.1 Å². The summed E-state index contributed by atoms with van der Waals surface area (Å²) in [6.45, 7) is 2.74. The topological polar surface area (TPSA) is 49.0 Å². The van der Waals surface area contributed by atoms with Crippen molar-refractivity contribution in [3.63, 3.8) is 0 Å². The molecule has 0 saturated carbocycles. The Morgan fingerprint density at radius 2 is 2.16 bits per heavy atom. The summed E-state index contributed by atoms with van der Waals surface area (Å²) in [5.74, 6) is 0.0924. The van der Waals surface area contributed by atoms with Gasteiger partial charge in [-0.2, -0.15) is 0 Å². The number of hydrogen-bond donors (Lipinski definition) is 1. The maximum atomic E-state index is 12.8. The fourth-order valence-electron chi connectivity index (χ4n) is 3.70. The van der Waals surface area contributed by atoms with Crippen molar-refractivity contribution < 1.29 is 4.79 Å².